The number of hydrogen-bond donors (Lipinski definition) is 2. The molecule has 0 bridgehead atoms. The summed E-state index contributed by atoms with van der Waals surface area (Å²) in [5, 5.41) is 13.3. The predicted octanol–water partition coefficient (Wildman–Crippen LogP) is 2.76. The monoisotopic (exact) mass is 230 g/mol. The number of hydrogen-bond acceptors (Lipinski definition) is 4. The molecule has 0 aromatic carbocycles. The zero-order valence-electron chi connectivity index (χ0n) is 7.85. The number of amidine groups is 1. The third-order valence-corrected chi connectivity index (χ3v) is 3.91. The van der Waals surface area contributed by atoms with Gasteiger partial charge in [0.05, 0.1) is 4.21 Å². The maximum Gasteiger partial charge on any atom is 0.139 e. The standard InChI is InChI=1S/C9H14N2OS2/c10-8(11-12)4-1-2-6-13-9-5-3-7-14-9/h3,5,7,12H,1-2,4,6H2,(H2,10,11). The van der Waals surface area contributed by atoms with E-state index in [1.807, 2.05) is 11.8 Å². The number of nitrogens with two attached hydrogens (primary N) is 1. The van der Waals surface area contributed by atoms with Gasteiger partial charge in [-0.05, 0) is 30.0 Å². The summed E-state index contributed by atoms with van der Waals surface area (Å²) in [4.78, 5) is 0. The lowest BCUT2D eigenvalue weighted by Gasteiger charge is -1.98. The molecule has 0 radical (unpaired) electrons. The van der Waals surface area contributed by atoms with Crippen molar-refractivity contribution in [2.24, 2.45) is 10.9 Å². The average molecular weight is 230 g/mol. The number of thiophene rings is 1. The molecule has 0 aliphatic rings. The van der Waals surface area contributed by atoms with Crippen LogP contribution in [-0.2, 0) is 0 Å². The van der Waals surface area contributed by atoms with E-state index in [9.17, 15) is 0 Å². The van der Waals surface area contributed by atoms with Gasteiger partial charge in [0.1, 0.15) is 5.84 Å². The van der Waals surface area contributed by atoms with Crippen molar-refractivity contribution in [1.29, 1.82) is 0 Å². The van der Waals surface area contributed by atoms with Crippen molar-refractivity contribution in [3.8, 4) is 0 Å². The van der Waals surface area contributed by atoms with Gasteiger partial charge >= 0.3 is 0 Å². The fourth-order valence-corrected chi connectivity index (χ4v) is 2.84. The molecule has 5 heteroatoms. The number of oxime groups is 1. The lowest BCUT2D eigenvalue weighted by Crippen LogP contribution is -2.10. The highest BCUT2D eigenvalue weighted by atomic mass is 32.2. The van der Waals surface area contributed by atoms with Crippen molar-refractivity contribution < 1.29 is 5.21 Å². The molecule has 3 nitrogen and oxygen atoms in total. The van der Waals surface area contributed by atoms with Crippen LogP contribution in [0.25, 0.3) is 0 Å². The van der Waals surface area contributed by atoms with Crippen LogP contribution in [-0.4, -0.2) is 16.8 Å². The number of thioether (sulfide) groups is 1. The SMILES string of the molecule is N/C(CCCCSc1cccs1)=N/O. The van der Waals surface area contributed by atoms with Crippen LogP contribution >= 0.6 is 23.1 Å². The Bertz CT molecular complexity index is 272. The smallest absolute Gasteiger partial charge is 0.139 e. The molecule has 0 atom stereocenters. The Kier molecular flexibility index (Phi) is 5.47. The zero-order valence-corrected chi connectivity index (χ0v) is 9.48. The summed E-state index contributed by atoms with van der Waals surface area (Å²) < 4.78 is 1.36. The summed E-state index contributed by atoms with van der Waals surface area (Å²) in [5.74, 6) is 1.42. The molecule has 3 N–H and O–H groups in total. The van der Waals surface area contributed by atoms with E-state index in [1.165, 1.54) is 4.21 Å². The van der Waals surface area contributed by atoms with Crippen LogP contribution in [0, 0.1) is 0 Å². The van der Waals surface area contributed by atoms with Gasteiger partial charge in [0.2, 0.25) is 0 Å². The quantitative estimate of drug-likeness (QED) is 0.197. The fourth-order valence-electron chi connectivity index (χ4n) is 0.977. The first kappa shape index (κ1) is 11.4. The van der Waals surface area contributed by atoms with Gasteiger partial charge in [-0.15, -0.1) is 23.1 Å². The van der Waals surface area contributed by atoms with E-state index in [0.29, 0.717) is 12.3 Å². The molecular weight excluding hydrogens is 216 g/mol. The third-order valence-electron chi connectivity index (χ3n) is 1.70. The van der Waals surface area contributed by atoms with Gasteiger partial charge in [-0.3, -0.25) is 0 Å². The first-order valence-corrected chi connectivity index (χ1v) is 6.32. The lowest BCUT2D eigenvalue weighted by molar-refractivity contribution is 0.316. The first-order valence-electron chi connectivity index (χ1n) is 4.45. The fraction of sp³-hybridized carbons (Fsp3) is 0.444. The predicted molar refractivity (Wildman–Crippen MR) is 62.3 cm³/mol. The second-order valence-corrected chi connectivity index (χ2v) is 5.17. The second kappa shape index (κ2) is 6.73. The van der Waals surface area contributed by atoms with E-state index in [-0.39, 0.29) is 0 Å². The van der Waals surface area contributed by atoms with Crippen molar-refractivity contribution >= 4 is 28.9 Å². The molecule has 1 heterocycles. The van der Waals surface area contributed by atoms with Gasteiger partial charge < -0.3 is 10.9 Å². The van der Waals surface area contributed by atoms with Crippen LogP contribution in [0.3, 0.4) is 0 Å². The highest BCUT2D eigenvalue weighted by Crippen LogP contribution is 2.24. The summed E-state index contributed by atoms with van der Waals surface area (Å²) in [6, 6.07) is 4.18. The normalized spacial score (nSPS) is 11.9. The minimum absolute atomic E-state index is 0.325. The van der Waals surface area contributed by atoms with Crippen molar-refractivity contribution in [1.82, 2.24) is 0 Å². The van der Waals surface area contributed by atoms with Gasteiger partial charge in [-0.1, -0.05) is 11.2 Å². The van der Waals surface area contributed by atoms with Gasteiger partial charge in [-0.2, -0.15) is 0 Å². The molecule has 1 aromatic rings. The molecule has 78 valence electrons. The molecule has 0 fully saturated rings. The molecule has 0 amide bonds. The number of rotatable bonds is 6. The molecule has 0 saturated carbocycles. The first-order chi connectivity index (χ1) is 6.83. The van der Waals surface area contributed by atoms with Crippen molar-refractivity contribution in [3.63, 3.8) is 0 Å². The molecule has 0 unspecified atom stereocenters. The van der Waals surface area contributed by atoms with Crippen LogP contribution in [0.15, 0.2) is 26.9 Å². The zero-order chi connectivity index (χ0) is 10.2. The molecule has 14 heavy (non-hydrogen) atoms. The van der Waals surface area contributed by atoms with Crippen molar-refractivity contribution in [3.05, 3.63) is 17.5 Å². The Morgan fingerprint density at radius 3 is 3.07 bits per heavy atom. The summed E-state index contributed by atoms with van der Waals surface area (Å²) in [6.45, 7) is 0. The Morgan fingerprint density at radius 2 is 2.43 bits per heavy atom. The average Bonchev–Trinajstić information content (AvgIpc) is 2.69. The lowest BCUT2D eigenvalue weighted by atomic mass is 10.2. The maximum absolute atomic E-state index is 8.30. The van der Waals surface area contributed by atoms with E-state index in [0.717, 1.165) is 18.6 Å². The molecular formula is C9H14N2OS2. The van der Waals surface area contributed by atoms with Gasteiger partial charge in [0, 0.05) is 6.42 Å². The topological polar surface area (TPSA) is 58.6 Å². The van der Waals surface area contributed by atoms with Gasteiger partial charge in [-0.25, -0.2) is 0 Å². The molecule has 1 rings (SSSR count). The number of unbranched alkanes of at least 4 members (excludes halogenated alkanes) is 1. The van der Waals surface area contributed by atoms with E-state index < -0.39 is 0 Å². The third kappa shape index (κ3) is 4.53. The Morgan fingerprint density at radius 1 is 1.57 bits per heavy atom. The second-order valence-electron chi connectivity index (χ2n) is 2.83. The van der Waals surface area contributed by atoms with Gasteiger partial charge in [0.15, 0.2) is 0 Å². The van der Waals surface area contributed by atoms with E-state index in [2.05, 4.69) is 22.7 Å². The molecule has 0 aliphatic carbocycles. The molecule has 0 saturated heterocycles. The van der Waals surface area contributed by atoms with Gasteiger partial charge in [0.25, 0.3) is 0 Å². The number of nitrogens with zero attached hydrogens (tertiary/aromatic N) is 1. The van der Waals surface area contributed by atoms with Crippen LogP contribution in [0.5, 0.6) is 0 Å². The molecule has 0 spiro atoms. The van der Waals surface area contributed by atoms with Crippen LogP contribution in [0.2, 0.25) is 0 Å². The minimum Gasteiger partial charge on any atom is -0.409 e. The van der Waals surface area contributed by atoms with E-state index >= 15 is 0 Å². The van der Waals surface area contributed by atoms with Crippen LogP contribution < -0.4 is 5.73 Å². The summed E-state index contributed by atoms with van der Waals surface area (Å²) in [6.07, 6.45) is 2.76. The summed E-state index contributed by atoms with van der Waals surface area (Å²) in [5.41, 5.74) is 5.35. The Labute approximate surface area is 92.0 Å². The molecule has 1 aromatic heterocycles. The minimum atomic E-state index is 0.325. The largest absolute Gasteiger partial charge is 0.409 e. The summed E-state index contributed by atoms with van der Waals surface area (Å²) >= 11 is 3.63. The van der Waals surface area contributed by atoms with Crippen molar-refractivity contribution in [2.45, 2.75) is 23.5 Å². The van der Waals surface area contributed by atoms with Crippen LogP contribution in [0.1, 0.15) is 19.3 Å². The summed E-state index contributed by atoms with van der Waals surface area (Å²) in [7, 11) is 0. The van der Waals surface area contributed by atoms with Crippen molar-refractivity contribution in [2.75, 3.05) is 5.75 Å². The van der Waals surface area contributed by atoms with E-state index in [1.54, 1.807) is 11.3 Å². The maximum atomic E-state index is 8.30. The van der Waals surface area contributed by atoms with Crippen LogP contribution in [0.4, 0.5) is 0 Å². The Hall–Kier alpha value is -0.680. The highest BCUT2D eigenvalue weighted by Gasteiger charge is 1.96. The van der Waals surface area contributed by atoms with E-state index in [4.69, 9.17) is 10.9 Å². The molecule has 0 aliphatic heterocycles. The highest BCUT2D eigenvalue weighted by molar-refractivity contribution is 8.01. The Balaban J connectivity index is 2.00.